The first-order valence-corrected chi connectivity index (χ1v) is 6.38. The number of ether oxygens (including phenoxy) is 2. The van der Waals surface area contributed by atoms with Gasteiger partial charge in [0.1, 0.15) is 23.9 Å². The fourth-order valence-electron chi connectivity index (χ4n) is 1.74. The van der Waals surface area contributed by atoms with Crippen LogP contribution in [0.1, 0.15) is 18.4 Å². The average molecular weight is 274 g/mol. The normalized spacial score (nSPS) is 10.2. The van der Waals surface area contributed by atoms with Gasteiger partial charge in [-0.15, -0.1) is 0 Å². The summed E-state index contributed by atoms with van der Waals surface area (Å²) in [7, 11) is 0. The highest BCUT2D eigenvalue weighted by molar-refractivity contribution is 5.35. The Morgan fingerprint density at radius 3 is 2.60 bits per heavy atom. The zero-order valence-corrected chi connectivity index (χ0v) is 11.6. The maximum atomic E-state index is 5.66. The molecule has 1 aromatic carbocycles. The first-order valence-electron chi connectivity index (χ1n) is 6.38. The van der Waals surface area contributed by atoms with E-state index in [0.29, 0.717) is 24.0 Å². The number of aromatic nitrogens is 2. The third kappa shape index (κ3) is 3.83. The van der Waals surface area contributed by atoms with Crippen molar-refractivity contribution >= 4 is 5.82 Å². The third-order valence-electron chi connectivity index (χ3n) is 2.53. The molecule has 0 aliphatic carbocycles. The maximum absolute atomic E-state index is 5.66. The van der Waals surface area contributed by atoms with Gasteiger partial charge in [-0.25, -0.2) is 15.8 Å². The SMILES string of the molecule is CCOc1cccc(OCc2nc(C)cc(NN)n2)c1. The molecule has 6 nitrogen and oxygen atoms in total. The molecular weight excluding hydrogens is 256 g/mol. The summed E-state index contributed by atoms with van der Waals surface area (Å²) in [4.78, 5) is 8.52. The van der Waals surface area contributed by atoms with Crippen molar-refractivity contribution < 1.29 is 9.47 Å². The van der Waals surface area contributed by atoms with E-state index in [0.717, 1.165) is 11.4 Å². The van der Waals surface area contributed by atoms with Crippen LogP contribution in [0.5, 0.6) is 11.5 Å². The molecule has 1 heterocycles. The summed E-state index contributed by atoms with van der Waals surface area (Å²) in [5.41, 5.74) is 3.33. The molecule has 20 heavy (non-hydrogen) atoms. The molecule has 6 heteroatoms. The Morgan fingerprint density at radius 1 is 1.15 bits per heavy atom. The van der Waals surface area contributed by atoms with Crippen molar-refractivity contribution in [2.24, 2.45) is 5.84 Å². The third-order valence-corrected chi connectivity index (χ3v) is 2.53. The Labute approximate surface area is 117 Å². The van der Waals surface area contributed by atoms with E-state index < -0.39 is 0 Å². The Kier molecular flexibility index (Phi) is 4.73. The Hall–Kier alpha value is -2.34. The lowest BCUT2D eigenvalue weighted by molar-refractivity contribution is 0.290. The minimum atomic E-state index is 0.270. The number of hydrogen-bond donors (Lipinski definition) is 2. The molecular formula is C14H18N4O2. The molecule has 0 aliphatic heterocycles. The number of nitrogens with zero attached hydrogens (tertiary/aromatic N) is 2. The van der Waals surface area contributed by atoms with Crippen LogP contribution in [-0.2, 0) is 6.61 Å². The molecule has 106 valence electrons. The molecule has 0 amide bonds. The molecule has 0 saturated heterocycles. The van der Waals surface area contributed by atoms with Crippen LogP contribution in [0.3, 0.4) is 0 Å². The second kappa shape index (κ2) is 6.72. The highest BCUT2D eigenvalue weighted by Crippen LogP contribution is 2.20. The maximum Gasteiger partial charge on any atom is 0.168 e. The first-order chi connectivity index (χ1) is 9.71. The Balaban J connectivity index is 2.04. The number of rotatable bonds is 6. The van der Waals surface area contributed by atoms with Gasteiger partial charge in [0.25, 0.3) is 0 Å². The van der Waals surface area contributed by atoms with E-state index in [9.17, 15) is 0 Å². The van der Waals surface area contributed by atoms with Crippen LogP contribution in [0.25, 0.3) is 0 Å². The van der Waals surface area contributed by atoms with E-state index in [2.05, 4.69) is 15.4 Å². The molecule has 0 unspecified atom stereocenters. The summed E-state index contributed by atoms with van der Waals surface area (Å²) in [5.74, 6) is 7.98. The fraction of sp³-hybridized carbons (Fsp3) is 0.286. The summed E-state index contributed by atoms with van der Waals surface area (Å²) in [5, 5.41) is 0. The smallest absolute Gasteiger partial charge is 0.168 e. The predicted molar refractivity (Wildman–Crippen MR) is 76.5 cm³/mol. The molecule has 3 N–H and O–H groups in total. The second-order valence-electron chi connectivity index (χ2n) is 4.15. The van der Waals surface area contributed by atoms with Gasteiger partial charge in [0.2, 0.25) is 0 Å². The summed E-state index contributed by atoms with van der Waals surface area (Å²) in [6.45, 7) is 4.71. The molecule has 2 rings (SSSR count). The van der Waals surface area contributed by atoms with Gasteiger partial charge in [-0.2, -0.15) is 0 Å². The standard InChI is InChI=1S/C14H18N4O2/c1-3-19-11-5-4-6-12(8-11)20-9-14-16-10(2)7-13(17-14)18-15/h4-8H,3,9,15H2,1-2H3,(H,16,17,18). The molecule has 0 bridgehead atoms. The number of nitrogen functional groups attached to an aromatic ring is 1. The van der Waals surface area contributed by atoms with Crippen molar-refractivity contribution in [1.29, 1.82) is 0 Å². The predicted octanol–water partition coefficient (Wildman–Crippen LogP) is 2.05. The number of hydrogen-bond acceptors (Lipinski definition) is 6. The summed E-state index contributed by atoms with van der Waals surface area (Å²) in [6.07, 6.45) is 0. The fourth-order valence-corrected chi connectivity index (χ4v) is 1.74. The van der Waals surface area contributed by atoms with Crippen LogP contribution < -0.4 is 20.7 Å². The lowest BCUT2D eigenvalue weighted by Gasteiger charge is -2.09. The minimum Gasteiger partial charge on any atom is -0.494 e. The lowest BCUT2D eigenvalue weighted by Crippen LogP contribution is -2.12. The van der Waals surface area contributed by atoms with Crippen molar-refractivity contribution in [3.05, 3.63) is 41.9 Å². The van der Waals surface area contributed by atoms with Gasteiger partial charge in [0.05, 0.1) is 6.61 Å². The highest BCUT2D eigenvalue weighted by Gasteiger charge is 2.03. The van der Waals surface area contributed by atoms with Gasteiger partial charge < -0.3 is 14.9 Å². The molecule has 0 fully saturated rings. The monoisotopic (exact) mass is 274 g/mol. The van der Waals surface area contributed by atoms with Gasteiger partial charge in [-0.05, 0) is 26.0 Å². The van der Waals surface area contributed by atoms with E-state index in [4.69, 9.17) is 15.3 Å². The van der Waals surface area contributed by atoms with Gasteiger partial charge in [-0.1, -0.05) is 6.07 Å². The summed E-state index contributed by atoms with van der Waals surface area (Å²) in [6, 6.07) is 9.22. The van der Waals surface area contributed by atoms with Crippen LogP contribution in [0, 0.1) is 6.92 Å². The van der Waals surface area contributed by atoms with Crippen molar-refractivity contribution in [3.63, 3.8) is 0 Å². The van der Waals surface area contributed by atoms with E-state index in [-0.39, 0.29) is 6.61 Å². The molecule has 0 atom stereocenters. The molecule has 1 aromatic heterocycles. The molecule has 2 aromatic rings. The van der Waals surface area contributed by atoms with Crippen LogP contribution in [0.2, 0.25) is 0 Å². The van der Waals surface area contributed by atoms with E-state index >= 15 is 0 Å². The number of benzene rings is 1. The Morgan fingerprint density at radius 2 is 1.90 bits per heavy atom. The average Bonchev–Trinajstić information content (AvgIpc) is 2.45. The first kappa shape index (κ1) is 14.1. The zero-order chi connectivity index (χ0) is 14.4. The van der Waals surface area contributed by atoms with E-state index in [1.165, 1.54) is 0 Å². The van der Waals surface area contributed by atoms with Crippen LogP contribution in [-0.4, -0.2) is 16.6 Å². The Bertz CT molecular complexity index is 575. The van der Waals surface area contributed by atoms with Gasteiger partial charge in [-0.3, -0.25) is 0 Å². The molecule has 0 radical (unpaired) electrons. The number of aryl methyl sites for hydroxylation is 1. The second-order valence-corrected chi connectivity index (χ2v) is 4.15. The zero-order valence-electron chi connectivity index (χ0n) is 11.6. The number of anilines is 1. The number of nitrogens with one attached hydrogen (secondary N) is 1. The van der Waals surface area contributed by atoms with Crippen molar-refractivity contribution in [1.82, 2.24) is 9.97 Å². The lowest BCUT2D eigenvalue weighted by atomic mass is 10.3. The van der Waals surface area contributed by atoms with Crippen LogP contribution >= 0.6 is 0 Å². The number of hydrazine groups is 1. The molecule has 0 spiro atoms. The van der Waals surface area contributed by atoms with Gasteiger partial charge in [0.15, 0.2) is 5.82 Å². The van der Waals surface area contributed by atoms with Crippen molar-refractivity contribution in [3.8, 4) is 11.5 Å². The summed E-state index contributed by atoms with van der Waals surface area (Å²) < 4.78 is 11.1. The van der Waals surface area contributed by atoms with Gasteiger partial charge >= 0.3 is 0 Å². The van der Waals surface area contributed by atoms with E-state index in [1.54, 1.807) is 6.07 Å². The summed E-state index contributed by atoms with van der Waals surface area (Å²) >= 11 is 0. The van der Waals surface area contributed by atoms with Gasteiger partial charge in [0, 0.05) is 17.8 Å². The molecule has 0 aliphatic rings. The quantitative estimate of drug-likeness (QED) is 0.619. The molecule has 0 saturated carbocycles. The topological polar surface area (TPSA) is 82.3 Å². The van der Waals surface area contributed by atoms with Crippen molar-refractivity contribution in [2.75, 3.05) is 12.0 Å². The highest BCUT2D eigenvalue weighted by atomic mass is 16.5. The number of nitrogens with two attached hydrogens (primary N) is 1. The van der Waals surface area contributed by atoms with E-state index in [1.807, 2.05) is 38.1 Å². The minimum absolute atomic E-state index is 0.270. The van der Waals surface area contributed by atoms with Crippen LogP contribution in [0.4, 0.5) is 5.82 Å². The van der Waals surface area contributed by atoms with Crippen molar-refractivity contribution in [2.45, 2.75) is 20.5 Å². The van der Waals surface area contributed by atoms with Crippen LogP contribution in [0.15, 0.2) is 30.3 Å². The largest absolute Gasteiger partial charge is 0.494 e.